The Kier molecular flexibility index (Phi) is 5.47. The van der Waals surface area contributed by atoms with Crippen molar-refractivity contribution in [3.63, 3.8) is 0 Å². The SMILES string of the molecule is C[C@H](C[C@H]1OC(C)(C)O[C@H]1CO)O[Si](C)(C)C(C)(C)C. The highest BCUT2D eigenvalue weighted by molar-refractivity contribution is 6.74. The monoisotopic (exact) mass is 304 g/mol. The molecule has 1 N–H and O–H groups in total. The highest BCUT2D eigenvalue weighted by atomic mass is 28.4. The average Bonchev–Trinajstić information content (AvgIpc) is 2.50. The molecule has 1 saturated heterocycles. The number of hydrogen-bond donors (Lipinski definition) is 1. The molecule has 1 aliphatic heterocycles. The van der Waals surface area contributed by atoms with Crippen molar-refractivity contribution in [3.05, 3.63) is 0 Å². The van der Waals surface area contributed by atoms with Gasteiger partial charge in [0.15, 0.2) is 14.1 Å². The van der Waals surface area contributed by atoms with E-state index in [9.17, 15) is 5.11 Å². The summed E-state index contributed by atoms with van der Waals surface area (Å²) >= 11 is 0. The number of ether oxygens (including phenoxy) is 2. The van der Waals surface area contributed by atoms with Crippen molar-refractivity contribution in [1.29, 1.82) is 0 Å². The number of rotatable bonds is 5. The first kappa shape index (κ1) is 18.1. The average molecular weight is 305 g/mol. The zero-order valence-electron chi connectivity index (χ0n) is 14.3. The molecule has 0 bridgehead atoms. The first-order valence-corrected chi connectivity index (χ1v) is 10.4. The molecule has 1 rings (SSSR count). The smallest absolute Gasteiger partial charge is 0.192 e. The molecule has 1 heterocycles. The number of hydrogen-bond acceptors (Lipinski definition) is 4. The van der Waals surface area contributed by atoms with Crippen LogP contribution < -0.4 is 0 Å². The van der Waals surface area contributed by atoms with Crippen LogP contribution in [0.15, 0.2) is 0 Å². The van der Waals surface area contributed by atoms with Gasteiger partial charge in [-0.2, -0.15) is 0 Å². The van der Waals surface area contributed by atoms with Crippen molar-refractivity contribution in [2.45, 2.75) is 90.2 Å². The van der Waals surface area contributed by atoms with Gasteiger partial charge in [0.05, 0.1) is 12.7 Å². The van der Waals surface area contributed by atoms with Gasteiger partial charge in [0, 0.05) is 12.5 Å². The fraction of sp³-hybridized carbons (Fsp3) is 1.00. The molecule has 0 aromatic carbocycles. The molecule has 3 atom stereocenters. The molecule has 0 aromatic heterocycles. The fourth-order valence-electron chi connectivity index (χ4n) is 2.32. The zero-order chi connectivity index (χ0) is 15.8. The summed E-state index contributed by atoms with van der Waals surface area (Å²) in [5, 5.41) is 9.60. The van der Waals surface area contributed by atoms with Crippen LogP contribution in [0.5, 0.6) is 0 Å². The third kappa shape index (κ3) is 4.53. The standard InChI is InChI=1S/C15H32O4Si/c1-11(19-20(7,8)14(2,3)4)9-12-13(10-16)18-15(5,6)17-12/h11-13,16H,9-10H2,1-8H3/t11-,12-,13+/m1/s1. The van der Waals surface area contributed by atoms with E-state index in [-0.39, 0.29) is 30.0 Å². The molecule has 120 valence electrons. The third-order valence-electron chi connectivity index (χ3n) is 4.33. The van der Waals surface area contributed by atoms with E-state index >= 15 is 0 Å². The van der Waals surface area contributed by atoms with Gasteiger partial charge in [0.1, 0.15) is 6.10 Å². The van der Waals surface area contributed by atoms with E-state index in [1.165, 1.54) is 0 Å². The molecule has 5 heteroatoms. The third-order valence-corrected chi connectivity index (χ3v) is 8.94. The van der Waals surface area contributed by atoms with Crippen LogP contribution in [0.25, 0.3) is 0 Å². The van der Waals surface area contributed by atoms with Gasteiger partial charge < -0.3 is 19.0 Å². The van der Waals surface area contributed by atoms with Gasteiger partial charge in [-0.25, -0.2) is 0 Å². The summed E-state index contributed by atoms with van der Waals surface area (Å²) < 4.78 is 17.9. The molecule has 0 unspecified atom stereocenters. The lowest BCUT2D eigenvalue weighted by molar-refractivity contribution is -0.150. The minimum atomic E-state index is -1.77. The Hall–Kier alpha value is 0.0569. The molecule has 0 aromatic rings. The highest BCUT2D eigenvalue weighted by Crippen LogP contribution is 2.38. The Bertz CT molecular complexity index is 322. The minimum Gasteiger partial charge on any atom is -0.414 e. The molecule has 20 heavy (non-hydrogen) atoms. The van der Waals surface area contributed by atoms with Crippen LogP contribution in [-0.4, -0.2) is 44.1 Å². The van der Waals surface area contributed by atoms with Gasteiger partial charge in [-0.1, -0.05) is 20.8 Å². The van der Waals surface area contributed by atoms with Crippen LogP contribution in [0.1, 0.15) is 48.0 Å². The first-order valence-electron chi connectivity index (χ1n) is 7.52. The summed E-state index contributed by atoms with van der Waals surface area (Å²) in [5.41, 5.74) is 0. The Morgan fingerprint density at radius 3 is 2.15 bits per heavy atom. The number of aliphatic hydroxyl groups excluding tert-OH is 1. The van der Waals surface area contributed by atoms with Crippen molar-refractivity contribution in [2.75, 3.05) is 6.61 Å². The van der Waals surface area contributed by atoms with Crippen LogP contribution in [0.4, 0.5) is 0 Å². The maximum Gasteiger partial charge on any atom is 0.192 e. The molecule has 0 aliphatic carbocycles. The van der Waals surface area contributed by atoms with Crippen LogP contribution in [0.3, 0.4) is 0 Å². The van der Waals surface area contributed by atoms with E-state index in [0.29, 0.717) is 0 Å². The lowest BCUT2D eigenvalue weighted by Gasteiger charge is -2.39. The van der Waals surface area contributed by atoms with Crippen LogP contribution in [0.2, 0.25) is 18.1 Å². The van der Waals surface area contributed by atoms with Crippen LogP contribution in [0, 0.1) is 0 Å². The van der Waals surface area contributed by atoms with Crippen molar-refractivity contribution < 1.29 is 19.0 Å². The van der Waals surface area contributed by atoms with Crippen LogP contribution in [-0.2, 0) is 13.9 Å². The Labute approximate surface area is 124 Å². The molecular weight excluding hydrogens is 272 g/mol. The summed E-state index contributed by atoms with van der Waals surface area (Å²) in [4.78, 5) is 0. The maximum atomic E-state index is 9.41. The molecular formula is C15H32O4Si. The van der Waals surface area contributed by atoms with Crippen molar-refractivity contribution >= 4 is 8.32 Å². The second-order valence-corrected chi connectivity index (χ2v) is 12.6. The largest absolute Gasteiger partial charge is 0.414 e. The highest BCUT2D eigenvalue weighted by Gasteiger charge is 2.43. The van der Waals surface area contributed by atoms with Gasteiger partial charge in [-0.05, 0) is 38.9 Å². The minimum absolute atomic E-state index is 0.0130. The number of aliphatic hydroxyl groups is 1. The first-order chi connectivity index (χ1) is 8.88. The summed E-state index contributed by atoms with van der Waals surface area (Å²) in [6, 6.07) is 0. The van der Waals surface area contributed by atoms with Gasteiger partial charge in [0.2, 0.25) is 0 Å². The van der Waals surface area contributed by atoms with Gasteiger partial charge in [-0.3, -0.25) is 0 Å². The van der Waals surface area contributed by atoms with Gasteiger partial charge >= 0.3 is 0 Å². The predicted molar refractivity (Wildman–Crippen MR) is 83.3 cm³/mol. The lowest BCUT2D eigenvalue weighted by Crippen LogP contribution is -2.44. The second-order valence-electron chi connectivity index (χ2n) is 7.82. The predicted octanol–water partition coefficient (Wildman–Crippen LogP) is 3.30. The topological polar surface area (TPSA) is 47.9 Å². The second kappa shape index (κ2) is 6.05. The molecule has 0 spiro atoms. The van der Waals surface area contributed by atoms with E-state index in [0.717, 1.165) is 6.42 Å². The molecule has 1 aliphatic rings. The summed E-state index contributed by atoms with van der Waals surface area (Å²) in [6.07, 6.45) is 0.499. The van der Waals surface area contributed by atoms with Gasteiger partial charge in [-0.15, -0.1) is 0 Å². The van der Waals surface area contributed by atoms with E-state index in [2.05, 4.69) is 40.8 Å². The van der Waals surface area contributed by atoms with Crippen molar-refractivity contribution in [1.82, 2.24) is 0 Å². The molecule has 4 nitrogen and oxygen atoms in total. The molecule has 0 saturated carbocycles. The lowest BCUT2D eigenvalue weighted by atomic mass is 10.1. The van der Waals surface area contributed by atoms with E-state index in [1.54, 1.807) is 0 Å². The van der Waals surface area contributed by atoms with Crippen LogP contribution >= 0.6 is 0 Å². The fourth-order valence-corrected chi connectivity index (χ4v) is 3.77. The molecule has 1 fully saturated rings. The van der Waals surface area contributed by atoms with Crippen molar-refractivity contribution in [2.24, 2.45) is 0 Å². The Morgan fingerprint density at radius 1 is 1.20 bits per heavy atom. The normalized spacial score (nSPS) is 28.6. The van der Waals surface area contributed by atoms with Crippen molar-refractivity contribution in [3.8, 4) is 0 Å². The summed E-state index contributed by atoms with van der Waals surface area (Å²) in [6.45, 7) is 17.1. The molecule has 0 amide bonds. The Morgan fingerprint density at radius 2 is 1.70 bits per heavy atom. The summed E-state index contributed by atoms with van der Waals surface area (Å²) in [5.74, 6) is -0.616. The van der Waals surface area contributed by atoms with E-state index in [4.69, 9.17) is 13.9 Å². The summed E-state index contributed by atoms with van der Waals surface area (Å²) in [7, 11) is -1.77. The van der Waals surface area contributed by atoms with Gasteiger partial charge in [0.25, 0.3) is 0 Å². The zero-order valence-corrected chi connectivity index (χ0v) is 15.3. The van der Waals surface area contributed by atoms with E-state index < -0.39 is 14.1 Å². The quantitative estimate of drug-likeness (QED) is 0.792. The Balaban J connectivity index is 2.60. The van der Waals surface area contributed by atoms with E-state index in [1.807, 2.05) is 13.8 Å². The molecule has 0 radical (unpaired) electrons. The maximum absolute atomic E-state index is 9.41.